The van der Waals surface area contributed by atoms with Crippen LogP contribution in [0.3, 0.4) is 0 Å². The maximum absolute atomic E-state index is 3.98. The third-order valence-electron chi connectivity index (χ3n) is 0.897. The van der Waals surface area contributed by atoms with Crippen LogP contribution in [0.4, 0.5) is 0 Å². The van der Waals surface area contributed by atoms with Gasteiger partial charge < -0.3 is 12.4 Å². The van der Waals surface area contributed by atoms with Crippen LogP contribution in [0.25, 0.3) is 6.08 Å². The minimum atomic E-state index is 0. The molecule has 0 aliphatic heterocycles. The highest BCUT2D eigenvalue weighted by Crippen LogP contribution is 1.91. The molecule has 1 rings (SSSR count). The number of pyridine rings is 1. The normalized spacial score (nSPS) is 7.56. The Balaban J connectivity index is 0.000000640. The van der Waals surface area contributed by atoms with Crippen LogP contribution in [-0.4, -0.2) is 4.98 Å². The van der Waals surface area contributed by atoms with E-state index in [0.29, 0.717) is 0 Å². The molecule has 1 aromatic rings. The predicted molar refractivity (Wildman–Crippen MR) is 34.3 cm³/mol. The SMILES string of the molecule is C=Cc1ccccn1.[Cl-]. The fraction of sp³-hybridized carbons (Fsp3) is 0. The first-order valence-electron chi connectivity index (χ1n) is 2.47. The summed E-state index contributed by atoms with van der Waals surface area (Å²) < 4.78 is 0. The van der Waals surface area contributed by atoms with Crippen molar-refractivity contribution in [1.29, 1.82) is 0 Å². The monoisotopic (exact) mass is 140 g/mol. The zero-order valence-electron chi connectivity index (χ0n) is 4.92. The molecule has 0 saturated carbocycles. The van der Waals surface area contributed by atoms with Gasteiger partial charge in [-0.05, 0) is 18.2 Å². The van der Waals surface area contributed by atoms with E-state index < -0.39 is 0 Å². The number of rotatable bonds is 1. The summed E-state index contributed by atoms with van der Waals surface area (Å²) in [5.41, 5.74) is 0.924. The lowest BCUT2D eigenvalue weighted by Gasteiger charge is -1.84. The van der Waals surface area contributed by atoms with Crippen molar-refractivity contribution in [2.75, 3.05) is 0 Å². The molecule has 0 saturated heterocycles. The maximum atomic E-state index is 3.98. The van der Waals surface area contributed by atoms with Gasteiger partial charge in [-0.15, -0.1) is 0 Å². The second kappa shape index (κ2) is 4.10. The number of aromatic nitrogens is 1. The molecular formula is C7H7ClN-. The fourth-order valence-corrected chi connectivity index (χ4v) is 0.497. The van der Waals surface area contributed by atoms with Gasteiger partial charge in [0.1, 0.15) is 0 Å². The average molecular weight is 141 g/mol. The zero-order chi connectivity index (χ0) is 5.82. The molecule has 1 aromatic heterocycles. The molecule has 0 amide bonds. The summed E-state index contributed by atoms with van der Waals surface area (Å²) in [6.07, 6.45) is 3.47. The van der Waals surface area contributed by atoms with Crippen LogP contribution in [0.1, 0.15) is 5.69 Å². The van der Waals surface area contributed by atoms with Gasteiger partial charge in [-0.25, -0.2) is 0 Å². The Morgan fingerprint density at radius 1 is 1.44 bits per heavy atom. The molecule has 1 nitrogen and oxygen atoms in total. The minimum Gasteiger partial charge on any atom is -1.00 e. The number of hydrogen-bond acceptors (Lipinski definition) is 1. The highest BCUT2D eigenvalue weighted by Gasteiger charge is 1.77. The third kappa shape index (κ3) is 2.29. The summed E-state index contributed by atoms with van der Waals surface area (Å²) in [6, 6.07) is 5.73. The van der Waals surface area contributed by atoms with E-state index in [1.54, 1.807) is 12.3 Å². The molecule has 0 atom stereocenters. The van der Waals surface area contributed by atoms with E-state index in [1.165, 1.54) is 0 Å². The van der Waals surface area contributed by atoms with Crippen LogP contribution in [0.15, 0.2) is 31.0 Å². The van der Waals surface area contributed by atoms with Crippen molar-refractivity contribution in [2.45, 2.75) is 0 Å². The highest BCUT2D eigenvalue weighted by molar-refractivity contribution is 5.40. The van der Waals surface area contributed by atoms with E-state index in [2.05, 4.69) is 11.6 Å². The Kier molecular flexibility index (Phi) is 3.72. The molecule has 9 heavy (non-hydrogen) atoms. The summed E-state index contributed by atoms with van der Waals surface area (Å²) >= 11 is 0. The molecule has 0 bridgehead atoms. The van der Waals surface area contributed by atoms with Gasteiger partial charge in [-0.1, -0.05) is 12.6 Å². The van der Waals surface area contributed by atoms with Crippen LogP contribution in [-0.2, 0) is 0 Å². The Bertz CT molecular complexity index is 172. The van der Waals surface area contributed by atoms with Crippen molar-refractivity contribution in [2.24, 2.45) is 0 Å². The molecule has 1 heterocycles. The van der Waals surface area contributed by atoms with Crippen molar-refractivity contribution in [3.63, 3.8) is 0 Å². The van der Waals surface area contributed by atoms with Crippen LogP contribution in [0, 0.1) is 0 Å². The van der Waals surface area contributed by atoms with Crippen molar-refractivity contribution >= 4 is 6.08 Å². The van der Waals surface area contributed by atoms with Crippen molar-refractivity contribution in [1.82, 2.24) is 4.98 Å². The molecule has 0 fully saturated rings. The van der Waals surface area contributed by atoms with E-state index in [9.17, 15) is 0 Å². The lowest BCUT2D eigenvalue weighted by Crippen LogP contribution is -3.00. The fourth-order valence-electron chi connectivity index (χ4n) is 0.497. The Morgan fingerprint density at radius 3 is 2.56 bits per heavy atom. The van der Waals surface area contributed by atoms with Crippen molar-refractivity contribution in [3.8, 4) is 0 Å². The molecule has 0 aromatic carbocycles. The van der Waals surface area contributed by atoms with Gasteiger partial charge in [0.05, 0.1) is 5.69 Å². The smallest absolute Gasteiger partial charge is 0.0623 e. The van der Waals surface area contributed by atoms with Gasteiger partial charge in [-0.3, -0.25) is 4.98 Å². The predicted octanol–water partition coefficient (Wildman–Crippen LogP) is -1.27. The van der Waals surface area contributed by atoms with Gasteiger partial charge in [-0.2, -0.15) is 0 Å². The van der Waals surface area contributed by atoms with E-state index in [4.69, 9.17) is 0 Å². The summed E-state index contributed by atoms with van der Waals surface area (Å²) in [5, 5.41) is 0. The molecule has 48 valence electrons. The molecule has 0 radical (unpaired) electrons. The van der Waals surface area contributed by atoms with E-state index in [-0.39, 0.29) is 12.4 Å². The first-order chi connectivity index (χ1) is 3.93. The van der Waals surface area contributed by atoms with Crippen LogP contribution in [0.2, 0.25) is 0 Å². The summed E-state index contributed by atoms with van der Waals surface area (Å²) in [5.74, 6) is 0. The van der Waals surface area contributed by atoms with Crippen LogP contribution >= 0.6 is 0 Å². The number of hydrogen-bond donors (Lipinski definition) is 0. The molecule has 0 aliphatic rings. The summed E-state index contributed by atoms with van der Waals surface area (Å²) in [4.78, 5) is 3.98. The topological polar surface area (TPSA) is 12.9 Å². The Hall–Kier alpha value is -0.820. The maximum Gasteiger partial charge on any atom is 0.0623 e. The third-order valence-corrected chi connectivity index (χ3v) is 0.897. The summed E-state index contributed by atoms with van der Waals surface area (Å²) in [6.45, 7) is 3.57. The number of nitrogens with zero attached hydrogens (tertiary/aromatic N) is 1. The van der Waals surface area contributed by atoms with E-state index in [1.807, 2.05) is 18.2 Å². The lowest BCUT2D eigenvalue weighted by atomic mass is 10.4. The number of halogens is 1. The van der Waals surface area contributed by atoms with Gasteiger partial charge in [0.25, 0.3) is 0 Å². The minimum absolute atomic E-state index is 0. The van der Waals surface area contributed by atoms with Gasteiger partial charge in [0, 0.05) is 6.20 Å². The quantitative estimate of drug-likeness (QED) is 0.474. The van der Waals surface area contributed by atoms with Gasteiger partial charge >= 0.3 is 0 Å². The highest BCUT2D eigenvalue weighted by atomic mass is 35.5. The second-order valence-corrected chi connectivity index (χ2v) is 1.46. The van der Waals surface area contributed by atoms with E-state index >= 15 is 0 Å². The first-order valence-corrected chi connectivity index (χ1v) is 2.47. The van der Waals surface area contributed by atoms with Gasteiger partial charge in [0.15, 0.2) is 0 Å². The first kappa shape index (κ1) is 8.18. The molecule has 0 unspecified atom stereocenters. The van der Waals surface area contributed by atoms with Crippen LogP contribution < -0.4 is 12.4 Å². The zero-order valence-corrected chi connectivity index (χ0v) is 5.67. The van der Waals surface area contributed by atoms with Crippen molar-refractivity contribution < 1.29 is 12.4 Å². The summed E-state index contributed by atoms with van der Waals surface area (Å²) in [7, 11) is 0. The molecule has 2 heteroatoms. The molecule has 0 spiro atoms. The standard InChI is InChI=1S/C7H7N.ClH/c1-2-7-5-3-4-6-8-7;/h2-6H,1H2;1H/p-1. The van der Waals surface area contributed by atoms with Crippen molar-refractivity contribution in [3.05, 3.63) is 36.7 Å². The van der Waals surface area contributed by atoms with Crippen LogP contribution in [0.5, 0.6) is 0 Å². The Morgan fingerprint density at radius 2 is 2.22 bits per heavy atom. The van der Waals surface area contributed by atoms with Gasteiger partial charge in [0.2, 0.25) is 0 Å². The average Bonchev–Trinajstić information content (AvgIpc) is 1.90. The largest absolute Gasteiger partial charge is 1.00 e. The van der Waals surface area contributed by atoms with E-state index in [0.717, 1.165) is 5.69 Å². The second-order valence-electron chi connectivity index (χ2n) is 1.46. The lowest BCUT2D eigenvalue weighted by molar-refractivity contribution is -0.00000167. The molecular weight excluding hydrogens is 134 g/mol. The molecule has 0 aliphatic carbocycles. The Labute approximate surface area is 60.8 Å². The molecule has 0 N–H and O–H groups in total.